The molecule has 4 rings (SSSR count). The molecule has 5 heteroatoms. The van der Waals surface area contributed by atoms with Crippen LogP contribution in [-0.2, 0) is 4.79 Å². The Bertz CT molecular complexity index is 844. The summed E-state index contributed by atoms with van der Waals surface area (Å²) < 4.78 is 0. The van der Waals surface area contributed by atoms with Crippen molar-refractivity contribution in [2.75, 3.05) is 25.0 Å². The van der Waals surface area contributed by atoms with E-state index < -0.39 is 0 Å². The van der Waals surface area contributed by atoms with Crippen LogP contribution in [0.25, 0.3) is 10.9 Å². The lowest BCUT2D eigenvalue weighted by Crippen LogP contribution is -2.46. The van der Waals surface area contributed by atoms with E-state index in [9.17, 15) is 10.1 Å². The second-order valence-corrected chi connectivity index (χ2v) is 7.11. The zero-order valence-electron chi connectivity index (χ0n) is 14.5. The first-order chi connectivity index (χ1) is 12.2. The molecule has 2 fully saturated rings. The van der Waals surface area contributed by atoms with E-state index in [1.807, 2.05) is 42.3 Å². The van der Waals surface area contributed by atoms with Crippen molar-refractivity contribution in [1.29, 1.82) is 5.26 Å². The van der Waals surface area contributed by atoms with Crippen molar-refractivity contribution in [3.8, 4) is 6.07 Å². The van der Waals surface area contributed by atoms with E-state index in [0.717, 1.165) is 55.5 Å². The van der Waals surface area contributed by atoms with Crippen LogP contribution in [0.4, 0.5) is 5.82 Å². The summed E-state index contributed by atoms with van der Waals surface area (Å²) >= 11 is 0. The van der Waals surface area contributed by atoms with Gasteiger partial charge in [0.25, 0.3) is 0 Å². The van der Waals surface area contributed by atoms with Gasteiger partial charge in [-0.3, -0.25) is 4.79 Å². The van der Waals surface area contributed by atoms with Crippen molar-refractivity contribution in [1.82, 2.24) is 9.88 Å². The Morgan fingerprint density at radius 1 is 1.24 bits per heavy atom. The van der Waals surface area contributed by atoms with Gasteiger partial charge in [0.15, 0.2) is 0 Å². The molecule has 25 heavy (non-hydrogen) atoms. The Labute approximate surface area is 147 Å². The predicted octanol–water partition coefficient (Wildman–Crippen LogP) is 2.94. The van der Waals surface area contributed by atoms with Gasteiger partial charge in [-0.05, 0) is 37.8 Å². The van der Waals surface area contributed by atoms with Crippen LogP contribution in [0.2, 0.25) is 0 Å². The van der Waals surface area contributed by atoms with E-state index in [1.165, 1.54) is 0 Å². The summed E-state index contributed by atoms with van der Waals surface area (Å²) in [4.78, 5) is 21.1. The highest BCUT2D eigenvalue weighted by Crippen LogP contribution is 2.33. The van der Waals surface area contributed by atoms with Crippen LogP contribution in [0.5, 0.6) is 0 Å². The molecule has 2 aliphatic rings. The molecule has 1 aliphatic carbocycles. The molecule has 0 spiro atoms. The second-order valence-electron chi connectivity index (χ2n) is 7.11. The van der Waals surface area contributed by atoms with E-state index in [-0.39, 0.29) is 5.92 Å². The molecule has 0 radical (unpaired) electrons. The average Bonchev–Trinajstić information content (AvgIpc) is 3.51. The first-order valence-corrected chi connectivity index (χ1v) is 8.99. The van der Waals surface area contributed by atoms with Crippen LogP contribution in [0.3, 0.4) is 0 Å². The van der Waals surface area contributed by atoms with Crippen molar-refractivity contribution in [2.45, 2.75) is 31.7 Å². The number of piperidine rings is 1. The number of fused-ring (bicyclic) bond motifs is 1. The Morgan fingerprint density at radius 3 is 2.64 bits per heavy atom. The minimum absolute atomic E-state index is 0.273. The molecule has 1 aliphatic heterocycles. The van der Waals surface area contributed by atoms with Crippen molar-refractivity contribution < 1.29 is 4.79 Å². The van der Waals surface area contributed by atoms with Gasteiger partial charge in [-0.2, -0.15) is 5.26 Å². The number of carbonyl (C=O) groups excluding carboxylic acids is 1. The Hall–Kier alpha value is -2.61. The van der Waals surface area contributed by atoms with Crippen molar-refractivity contribution >= 4 is 22.6 Å². The summed E-state index contributed by atoms with van der Waals surface area (Å²) in [7, 11) is 1.94. The van der Waals surface area contributed by atoms with Crippen LogP contribution < -0.4 is 4.90 Å². The van der Waals surface area contributed by atoms with Crippen LogP contribution in [0.1, 0.15) is 31.2 Å². The molecular formula is C20H22N4O. The van der Waals surface area contributed by atoms with Crippen molar-refractivity contribution in [3.05, 3.63) is 35.9 Å². The molecule has 0 atom stereocenters. The average molecular weight is 334 g/mol. The standard InChI is InChI=1S/C20H22N4O/c1-23(20(25)14-6-7-14)17-8-10-24(11-9-17)19-16(13-21)12-15-4-2-3-5-18(15)22-19/h2-5,12,14,17H,6-11H2,1H3. The van der Waals surface area contributed by atoms with E-state index in [4.69, 9.17) is 4.98 Å². The second kappa shape index (κ2) is 6.36. The van der Waals surface area contributed by atoms with E-state index in [2.05, 4.69) is 11.0 Å². The molecule has 1 saturated carbocycles. The van der Waals surface area contributed by atoms with Crippen LogP contribution in [-0.4, -0.2) is 42.0 Å². The number of aromatic nitrogens is 1. The van der Waals surface area contributed by atoms with Crippen LogP contribution in [0.15, 0.2) is 30.3 Å². The summed E-state index contributed by atoms with van der Waals surface area (Å²) in [5.41, 5.74) is 1.54. The highest BCUT2D eigenvalue weighted by molar-refractivity contribution is 5.83. The summed E-state index contributed by atoms with van der Waals surface area (Å²) in [6, 6.07) is 12.4. The molecule has 0 bridgehead atoms. The molecule has 5 nitrogen and oxygen atoms in total. The minimum atomic E-state index is 0.273. The van der Waals surface area contributed by atoms with Gasteiger partial charge in [0, 0.05) is 37.5 Å². The van der Waals surface area contributed by atoms with Gasteiger partial charge in [0.2, 0.25) is 5.91 Å². The number of pyridine rings is 1. The highest BCUT2D eigenvalue weighted by atomic mass is 16.2. The number of carbonyl (C=O) groups is 1. The van der Waals surface area contributed by atoms with E-state index in [1.54, 1.807) is 0 Å². The number of hydrogen-bond donors (Lipinski definition) is 0. The lowest BCUT2D eigenvalue weighted by Gasteiger charge is -2.37. The first-order valence-electron chi connectivity index (χ1n) is 8.99. The Kier molecular flexibility index (Phi) is 4.04. The number of amides is 1. The third kappa shape index (κ3) is 3.05. The smallest absolute Gasteiger partial charge is 0.225 e. The lowest BCUT2D eigenvalue weighted by atomic mass is 10.0. The van der Waals surface area contributed by atoms with Gasteiger partial charge in [-0.15, -0.1) is 0 Å². The number of para-hydroxylation sites is 1. The summed E-state index contributed by atoms with van der Waals surface area (Å²) in [6.07, 6.45) is 3.95. The number of nitriles is 1. The Balaban J connectivity index is 1.51. The maximum atomic E-state index is 12.3. The van der Waals surface area contributed by atoms with Gasteiger partial charge in [-0.25, -0.2) is 4.98 Å². The number of benzene rings is 1. The molecule has 128 valence electrons. The minimum Gasteiger partial charge on any atom is -0.355 e. The molecule has 0 unspecified atom stereocenters. The van der Waals surface area contributed by atoms with Crippen LogP contribution in [0, 0.1) is 17.2 Å². The van der Waals surface area contributed by atoms with Crippen molar-refractivity contribution in [2.24, 2.45) is 5.92 Å². The molecule has 2 aromatic rings. The number of hydrogen-bond acceptors (Lipinski definition) is 4. The quantitative estimate of drug-likeness (QED) is 0.866. The topological polar surface area (TPSA) is 60.2 Å². The van der Waals surface area contributed by atoms with Gasteiger partial charge in [0.1, 0.15) is 11.9 Å². The molecule has 0 N–H and O–H groups in total. The fourth-order valence-electron chi connectivity index (χ4n) is 3.69. The number of anilines is 1. The molecule has 1 aromatic carbocycles. The van der Waals surface area contributed by atoms with Crippen molar-refractivity contribution in [3.63, 3.8) is 0 Å². The van der Waals surface area contributed by atoms with Gasteiger partial charge >= 0.3 is 0 Å². The third-order valence-electron chi connectivity index (χ3n) is 5.41. The zero-order valence-corrected chi connectivity index (χ0v) is 14.5. The normalized spacial score (nSPS) is 18.2. The lowest BCUT2D eigenvalue weighted by molar-refractivity contribution is -0.133. The SMILES string of the molecule is CN(C(=O)C1CC1)C1CCN(c2nc3ccccc3cc2C#N)CC1. The molecular weight excluding hydrogens is 312 g/mol. The fourth-order valence-corrected chi connectivity index (χ4v) is 3.69. The monoisotopic (exact) mass is 334 g/mol. The molecule has 1 aromatic heterocycles. The summed E-state index contributed by atoms with van der Waals surface area (Å²) in [5, 5.41) is 10.5. The Morgan fingerprint density at radius 2 is 1.96 bits per heavy atom. The van der Waals surface area contributed by atoms with E-state index >= 15 is 0 Å². The summed E-state index contributed by atoms with van der Waals surface area (Å²) in [6.45, 7) is 1.65. The maximum Gasteiger partial charge on any atom is 0.225 e. The maximum absolute atomic E-state index is 12.3. The van der Waals surface area contributed by atoms with Crippen LogP contribution >= 0.6 is 0 Å². The summed E-state index contributed by atoms with van der Waals surface area (Å²) in [5.74, 6) is 1.35. The number of rotatable bonds is 3. The molecule has 1 amide bonds. The predicted molar refractivity (Wildman–Crippen MR) is 97.2 cm³/mol. The fraction of sp³-hybridized carbons (Fsp3) is 0.450. The molecule has 2 heterocycles. The number of nitrogens with zero attached hydrogens (tertiary/aromatic N) is 4. The largest absolute Gasteiger partial charge is 0.355 e. The zero-order chi connectivity index (χ0) is 17.4. The van der Waals surface area contributed by atoms with Gasteiger partial charge < -0.3 is 9.80 Å². The highest BCUT2D eigenvalue weighted by Gasteiger charge is 2.35. The van der Waals surface area contributed by atoms with Gasteiger partial charge in [0.05, 0.1) is 11.1 Å². The first kappa shape index (κ1) is 15.9. The van der Waals surface area contributed by atoms with Gasteiger partial charge in [-0.1, -0.05) is 18.2 Å². The van der Waals surface area contributed by atoms with E-state index in [0.29, 0.717) is 17.5 Å². The molecule has 1 saturated heterocycles. The third-order valence-corrected chi connectivity index (χ3v) is 5.41.